The van der Waals surface area contributed by atoms with E-state index in [-0.39, 0.29) is 12.5 Å². The van der Waals surface area contributed by atoms with Crippen LogP contribution in [0.25, 0.3) is 11.0 Å². The van der Waals surface area contributed by atoms with E-state index in [9.17, 15) is 4.79 Å². The number of hydrogen-bond donors (Lipinski definition) is 1. The van der Waals surface area contributed by atoms with Crippen LogP contribution < -0.4 is 5.32 Å². The van der Waals surface area contributed by atoms with E-state index in [1.54, 1.807) is 0 Å². The van der Waals surface area contributed by atoms with Gasteiger partial charge >= 0.3 is 0 Å². The molecule has 0 bridgehead atoms. The summed E-state index contributed by atoms with van der Waals surface area (Å²) < 4.78 is 0. The molecule has 1 atom stereocenters. The third-order valence-corrected chi connectivity index (χ3v) is 3.50. The molecule has 1 aromatic carbocycles. The van der Waals surface area contributed by atoms with Gasteiger partial charge in [0.15, 0.2) is 0 Å². The Bertz CT molecular complexity index is 560. The first-order chi connectivity index (χ1) is 10.1. The van der Waals surface area contributed by atoms with Crippen LogP contribution in [0.5, 0.6) is 0 Å². The van der Waals surface area contributed by atoms with E-state index in [0.717, 1.165) is 23.9 Å². The molecule has 1 unspecified atom stereocenters. The fourth-order valence-electron chi connectivity index (χ4n) is 2.27. The highest BCUT2D eigenvalue weighted by Crippen LogP contribution is 2.06. The summed E-state index contributed by atoms with van der Waals surface area (Å²) >= 11 is 0. The molecule has 0 saturated heterocycles. The molecule has 1 aromatic heterocycles. The molecule has 0 spiro atoms. The fourth-order valence-corrected chi connectivity index (χ4v) is 2.27. The van der Waals surface area contributed by atoms with Crippen molar-refractivity contribution in [2.75, 3.05) is 20.6 Å². The predicted molar refractivity (Wildman–Crippen MR) is 82.9 cm³/mol. The van der Waals surface area contributed by atoms with Gasteiger partial charge < -0.3 is 10.2 Å². The average molecular weight is 289 g/mol. The van der Waals surface area contributed by atoms with Crippen LogP contribution in [0, 0.1) is 0 Å². The zero-order chi connectivity index (χ0) is 15.2. The molecule has 0 radical (unpaired) electrons. The van der Waals surface area contributed by atoms with Crippen molar-refractivity contribution in [2.45, 2.75) is 32.4 Å². The maximum absolute atomic E-state index is 12.0. The monoisotopic (exact) mass is 289 g/mol. The largest absolute Gasteiger partial charge is 0.353 e. The van der Waals surface area contributed by atoms with Crippen molar-refractivity contribution in [2.24, 2.45) is 0 Å². The number of amides is 1. The van der Waals surface area contributed by atoms with Gasteiger partial charge in [0.25, 0.3) is 0 Å². The molecule has 0 aliphatic carbocycles. The van der Waals surface area contributed by atoms with Gasteiger partial charge in [-0.1, -0.05) is 25.5 Å². The minimum atomic E-state index is -0.0572. The van der Waals surface area contributed by atoms with Gasteiger partial charge in [-0.15, -0.1) is 0 Å². The summed E-state index contributed by atoms with van der Waals surface area (Å²) in [6.07, 6.45) is 2.17. The van der Waals surface area contributed by atoms with Gasteiger partial charge in [0.1, 0.15) is 17.6 Å². The third-order valence-electron chi connectivity index (χ3n) is 3.50. The first-order valence-corrected chi connectivity index (χ1v) is 7.33. The van der Waals surface area contributed by atoms with Gasteiger partial charge in [0, 0.05) is 12.6 Å². The Hall–Kier alpha value is -1.95. The van der Waals surface area contributed by atoms with Gasteiger partial charge in [-0.2, -0.15) is 15.0 Å². The van der Waals surface area contributed by atoms with Gasteiger partial charge in [-0.25, -0.2) is 0 Å². The van der Waals surface area contributed by atoms with E-state index >= 15 is 0 Å². The number of nitrogens with zero attached hydrogens (tertiary/aromatic N) is 4. The molecule has 6 heteroatoms. The second-order valence-corrected chi connectivity index (χ2v) is 5.43. The van der Waals surface area contributed by atoms with E-state index in [1.807, 2.05) is 38.4 Å². The Labute approximate surface area is 125 Å². The van der Waals surface area contributed by atoms with E-state index in [2.05, 4.69) is 27.3 Å². The van der Waals surface area contributed by atoms with Gasteiger partial charge in [-0.3, -0.25) is 4.79 Å². The number of benzene rings is 1. The van der Waals surface area contributed by atoms with Gasteiger partial charge in [0.2, 0.25) is 5.91 Å². The van der Waals surface area contributed by atoms with E-state index in [1.165, 1.54) is 4.80 Å². The van der Waals surface area contributed by atoms with Gasteiger partial charge in [-0.05, 0) is 32.6 Å². The van der Waals surface area contributed by atoms with Crippen LogP contribution in [0.3, 0.4) is 0 Å². The lowest BCUT2D eigenvalue weighted by Crippen LogP contribution is -2.41. The molecule has 2 rings (SSSR count). The molecule has 1 heterocycles. The maximum Gasteiger partial charge on any atom is 0.243 e. The average Bonchev–Trinajstić information content (AvgIpc) is 2.85. The fraction of sp³-hybridized carbons (Fsp3) is 0.533. The second kappa shape index (κ2) is 7.17. The van der Waals surface area contributed by atoms with Crippen LogP contribution in [0.4, 0.5) is 0 Å². The molecule has 0 fully saturated rings. The molecular formula is C15H23N5O. The summed E-state index contributed by atoms with van der Waals surface area (Å²) in [6, 6.07) is 7.96. The molecule has 21 heavy (non-hydrogen) atoms. The van der Waals surface area contributed by atoms with Crippen LogP contribution >= 0.6 is 0 Å². The lowest BCUT2D eigenvalue weighted by Gasteiger charge is -2.24. The zero-order valence-electron chi connectivity index (χ0n) is 12.9. The first-order valence-electron chi connectivity index (χ1n) is 7.33. The van der Waals surface area contributed by atoms with Crippen LogP contribution in [0.2, 0.25) is 0 Å². The third kappa shape index (κ3) is 4.26. The van der Waals surface area contributed by atoms with Crippen molar-refractivity contribution < 1.29 is 4.79 Å². The highest BCUT2D eigenvalue weighted by atomic mass is 16.2. The number of fused-ring (bicyclic) bond motifs is 1. The Morgan fingerprint density at radius 3 is 2.43 bits per heavy atom. The predicted octanol–water partition coefficient (Wildman–Crippen LogP) is 1.28. The molecule has 0 aliphatic heterocycles. The number of nitrogens with one attached hydrogen (secondary N) is 1. The minimum Gasteiger partial charge on any atom is -0.353 e. The standard InChI is InChI=1S/C15H23N5O/c1-4-7-12(19(2)3)10-16-15(21)11-20-17-13-8-5-6-9-14(13)18-20/h5-6,8-9,12H,4,7,10-11H2,1-3H3,(H,16,21). The number of aromatic nitrogens is 3. The highest BCUT2D eigenvalue weighted by Gasteiger charge is 2.12. The molecule has 2 aromatic rings. The molecule has 114 valence electrons. The Kier molecular flexibility index (Phi) is 5.27. The summed E-state index contributed by atoms with van der Waals surface area (Å²) in [4.78, 5) is 15.6. The minimum absolute atomic E-state index is 0.0572. The topological polar surface area (TPSA) is 63.1 Å². The quantitative estimate of drug-likeness (QED) is 0.834. The SMILES string of the molecule is CCCC(CNC(=O)Cn1nc2ccccc2n1)N(C)C. The first kappa shape index (κ1) is 15.4. The molecule has 0 aliphatic rings. The van der Waals surface area contributed by atoms with Crippen molar-refractivity contribution in [3.05, 3.63) is 24.3 Å². The summed E-state index contributed by atoms with van der Waals surface area (Å²) in [6.45, 7) is 2.96. The van der Waals surface area contributed by atoms with E-state index in [0.29, 0.717) is 12.6 Å². The van der Waals surface area contributed by atoms with Crippen molar-refractivity contribution in [1.82, 2.24) is 25.2 Å². The molecule has 6 nitrogen and oxygen atoms in total. The normalized spacial score (nSPS) is 12.8. The van der Waals surface area contributed by atoms with Crippen molar-refractivity contribution in [3.63, 3.8) is 0 Å². The Balaban J connectivity index is 1.89. The summed E-state index contributed by atoms with van der Waals surface area (Å²) in [5, 5.41) is 11.5. The zero-order valence-corrected chi connectivity index (χ0v) is 12.9. The molecule has 1 amide bonds. The van der Waals surface area contributed by atoms with E-state index < -0.39 is 0 Å². The second-order valence-electron chi connectivity index (χ2n) is 5.43. The van der Waals surface area contributed by atoms with E-state index in [4.69, 9.17) is 0 Å². The van der Waals surface area contributed by atoms with Crippen LogP contribution in [0.1, 0.15) is 19.8 Å². The van der Waals surface area contributed by atoms with Crippen LogP contribution in [-0.2, 0) is 11.3 Å². The molecule has 0 saturated carbocycles. The summed E-state index contributed by atoms with van der Waals surface area (Å²) in [7, 11) is 4.07. The van der Waals surface area contributed by atoms with Crippen LogP contribution in [-0.4, -0.2) is 52.5 Å². The number of carbonyl (C=O) groups excluding carboxylic acids is 1. The molecule has 1 N–H and O–H groups in total. The molecular weight excluding hydrogens is 266 g/mol. The number of carbonyl (C=O) groups is 1. The summed E-state index contributed by atoms with van der Waals surface area (Å²) in [5.41, 5.74) is 1.62. The smallest absolute Gasteiger partial charge is 0.243 e. The van der Waals surface area contributed by atoms with Gasteiger partial charge in [0.05, 0.1) is 0 Å². The number of rotatable bonds is 7. The lowest BCUT2D eigenvalue weighted by molar-refractivity contribution is -0.122. The number of hydrogen-bond acceptors (Lipinski definition) is 4. The maximum atomic E-state index is 12.0. The Morgan fingerprint density at radius 2 is 1.90 bits per heavy atom. The lowest BCUT2D eigenvalue weighted by atomic mass is 10.1. The summed E-state index contributed by atoms with van der Waals surface area (Å²) in [5.74, 6) is -0.0572. The highest BCUT2D eigenvalue weighted by molar-refractivity contribution is 5.77. The van der Waals surface area contributed by atoms with Crippen molar-refractivity contribution in [3.8, 4) is 0 Å². The number of likely N-dealkylation sites (N-methyl/N-ethyl adjacent to an activating group) is 1. The van der Waals surface area contributed by atoms with Crippen molar-refractivity contribution in [1.29, 1.82) is 0 Å². The van der Waals surface area contributed by atoms with Crippen LogP contribution in [0.15, 0.2) is 24.3 Å². The Morgan fingerprint density at radius 1 is 1.29 bits per heavy atom. The van der Waals surface area contributed by atoms with Crippen molar-refractivity contribution >= 4 is 16.9 Å².